The van der Waals surface area contributed by atoms with E-state index >= 15 is 0 Å². The van der Waals surface area contributed by atoms with Crippen molar-refractivity contribution in [3.8, 4) is 16.9 Å². The first-order valence-electron chi connectivity index (χ1n) is 7.76. The van der Waals surface area contributed by atoms with Crippen molar-refractivity contribution in [2.75, 3.05) is 12.9 Å². The zero-order valence-corrected chi connectivity index (χ0v) is 14.4. The number of nitrogens with one attached hydrogen (secondary N) is 1. The van der Waals surface area contributed by atoms with Crippen LogP contribution in [0.3, 0.4) is 0 Å². The van der Waals surface area contributed by atoms with Crippen LogP contribution in [0.25, 0.3) is 22.0 Å². The number of ether oxygens (including phenoxy) is 1. The fourth-order valence-corrected chi connectivity index (χ4v) is 2.99. The van der Waals surface area contributed by atoms with E-state index in [2.05, 4.69) is 4.98 Å². The maximum absolute atomic E-state index is 14.3. The number of hydrogen-bond acceptors (Lipinski definition) is 3. The van der Waals surface area contributed by atoms with Gasteiger partial charge in [-0.1, -0.05) is 19.1 Å². The molecule has 0 fully saturated rings. The number of thioether (sulfide) groups is 1. The smallest absolute Gasteiger partial charge is 0.200 e. The number of hydrogen-bond donors (Lipinski definition) is 1. The molecule has 124 valence electrons. The summed E-state index contributed by atoms with van der Waals surface area (Å²) in [4.78, 5) is 17.0. The Hall–Kier alpha value is -2.27. The molecule has 0 bridgehead atoms. The molecule has 1 heterocycles. The molecule has 3 aromatic rings. The number of H-pyrrole nitrogens is 1. The molecular formula is C19H18FNO2S. The van der Waals surface area contributed by atoms with Gasteiger partial charge < -0.3 is 9.72 Å². The van der Waals surface area contributed by atoms with E-state index in [0.29, 0.717) is 23.4 Å². The van der Waals surface area contributed by atoms with Gasteiger partial charge in [-0.3, -0.25) is 4.79 Å². The van der Waals surface area contributed by atoms with E-state index in [4.69, 9.17) is 4.74 Å². The van der Waals surface area contributed by atoms with Gasteiger partial charge in [0.15, 0.2) is 5.43 Å². The molecule has 5 heteroatoms. The molecule has 0 unspecified atom stereocenters. The van der Waals surface area contributed by atoms with Crippen LogP contribution in [0.5, 0.6) is 5.75 Å². The molecule has 1 N–H and O–H groups in total. The van der Waals surface area contributed by atoms with E-state index < -0.39 is 5.82 Å². The predicted octanol–water partition coefficient (Wildman–Crippen LogP) is 4.84. The maximum atomic E-state index is 14.3. The van der Waals surface area contributed by atoms with Gasteiger partial charge in [-0.2, -0.15) is 0 Å². The minimum Gasteiger partial charge on any atom is -0.491 e. The summed E-state index contributed by atoms with van der Waals surface area (Å²) in [6.45, 7) is 2.51. The lowest BCUT2D eigenvalue weighted by Crippen LogP contribution is -2.09. The first-order chi connectivity index (χ1) is 11.7. The number of benzene rings is 2. The van der Waals surface area contributed by atoms with E-state index in [1.165, 1.54) is 6.07 Å². The molecule has 24 heavy (non-hydrogen) atoms. The van der Waals surface area contributed by atoms with Crippen LogP contribution >= 0.6 is 11.8 Å². The van der Waals surface area contributed by atoms with Crippen molar-refractivity contribution >= 4 is 22.7 Å². The van der Waals surface area contributed by atoms with Crippen LogP contribution in [0.2, 0.25) is 0 Å². The van der Waals surface area contributed by atoms with Crippen molar-refractivity contribution in [2.24, 2.45) is 0 Å². The lowest BCUT2D eigenvalue weighted by molar-refractivity contribution is 0.320. The van der Waals surface area contributed by atoms with Crippen molar-refractivity contribution in [1.29, 1.82) is 0 Å². The third-order valence-corrected chi connectivity index (χ3v) is 4.56. The lowest BCUT2D eigenvalue weighted by Gasteiger charge is -2.10. The topological polar surface area (TPSA) is 42.1 Å². The van der Waals surface area contributed by atoms with E-state index in [1.807, 2.05) is 37.4 Å². The number of aromatic amines is 1. The summed E-state index contributed by atoms with van der Waals surface area (Å²) in [7, 11) is 0. The standard InChI is InChI=1S/C19H18FNO2S/c1-3-10-23-16-9-8-15(20)17-18(16)21-11-14(19(17)22)12-4-6-13(24-2)7-5-12/h4-9,11H,3,10H2,1-2H3,(H,21,22). The average Bonchev–Trinajstić information content (AvgIpc) is 2.61. The SMILES string of the molecule is CCCOc1ccc(F)c2c(=O)c(-c3ccc(SC)cc3)c[nH]c12. The summed E-state index contributed by atoms with van der Waals surface area (Å²) >= 11 is 1.63. The largest absolute Gasteiger partial charge is 0.491 e. The monoisotopic (exact) mass is 343 g/mol. The number of pyridine rings is 1. The number of aromatic nitrogens is 1. The van der Waals surface area contributed by atoms with Crippen LogP contribution in [0.1, 0.15) is 13.3 Å². The maximum Gasteiger partial charge on any atom is 0.200 e. The van der Waals surface area contributed by atoms with Crippen molar-refractivity contribution in [3.05, 3.63) is 58.6 Å². The van der Waals surface area contributed by atoms with Crippen LogP contribution in [-0.2, 0) is 0 Å². The molecule has 0 saturated heterocycles. The molecule has 0 aliphatic carbocycles. The van der Waals surface area contributed by atoms with Gasteiger partial charge in [0.05, 0.1) is 17.5 Å². The molecule has 0 aliphatic rings. The second kappa shape index (κ2) is 7.09. The summed E-state index contributed by atoms with van der Waals surface area (Å²) < 4.78 is 19.9. The highest BCUT2D eigenvalue weighted by Gasteiger charge is 2.14. The van der Waals surface area contributed by atoms with Crippen molar-refractivity contribution in [2.45, 2.75) is 18.2 Å². The molecule has 3 nitrogen and oxygen atoms in total. The second-order valence-electron chi connectivity index (χ2n) is 5.40. The fourth-order valence-electron chi connectivity index (χ4n) is 2.59. The predicted molar refractivity (Wildman–Crippen MR) is 97.5 cm³/mol. The molecule has 2 aromatic carbocycles. The van der Waals surface area contributed by atoms with Gasteiger partial charge in [0, 0.05) is 16.7 Å². The summed E-state index contributed by atoms with van der Waals surface area (Å²) in [5.74, 6) is -0.0488. The van der Waals surface area contributed by atoms with Crippen LogP contribution in [0.15, 0.2) is 52.3 Å². The Kier molecular flexibility index (Phi) is 4.90. The molecule has 0 saturated carbocycles. The van der Waals surface area contributed by atoms with Crippen LogP contribution in [0.4, 0.5) is 4.39 Å². The highest BCUT2D eigenvalue weighted by Crippen LogP contribution is 2.27. The van der Waals surface area contributed by atoms with Gasteiger partial charge in [-0.25, -0.2) is 4.39 Å². The zero-order valence-electron chi connectivity index (χ0n) is 13.6. The quantitative estimate of drug-likeness (QED) is 0.674. The van der Waals surface area contributed by atoms with Crippen molar-refractivity contribution < 1.29 is 9.13 Å². The van der Waals surface area contributed by atoms with Gasteiger partial charge >= 0.3 is 0 Å². The number of rotatable bonds is 5. The van der Waals surface area contributed by atoms with Crippen LogP contribution in [-0.4, -0.2) is 17.8 Å². The molecule has 0 radical (unpaired) electrons. The van der Waals surface area contributed by atoms with Gasteiger partial charge in [-0.05, 0) is 42.5 Å². The molecule has 1 aromatic heterocycles. The van der Waals surface area contributed by atoms with Gasteiger partial charge in [0.1, 0.15) is 11.6 Å². The fraction of sp³-hybridized carbons (Fsp3) is 0.211. The van der Waals surface area contributed by atoms with E-state index in [-0.39, 0.29) is 10.8 Å². The zero-order chi connectivity index (χ0) is 17.1. The molecule has 0 amide bonds. The highest BCUT2D eigenvalue weighted by molar-refractivity contribution is 7.98. The Morgan fingerprint density at radius 3 is 2.58 bits per heavy atom. The van der Waals surface area contributed by atoms with Crippen molar-refractivity contribution in [3.63, 3.8) is 0 Å². The minimum atomic E-state index is -0.544. The first kappa shape index (κ1) is 16.6. The molecule has 0 spiro atoms. The van der Waals surface area contributed by atoms with Gasteiger partial charge in [-0.15, -0.1) is 11.8 Å². The van der Waals surface area contributed by atoms with Crippen molar-refractivity contribution in [1.82, 2.24) is 4.98 Å². The Bertz CT molecular complexity index is 919. The molecule has 0 atom stereocenters. The van der Waals surface area contributed by atoms with Crippen LogP contribution < -0.4 is 10.2 Å². The number of halogens is 1. The Balaban J connectivity index is 2.16. The Morgan fingerprint density at radius 1 is 1.17 bits per heavy atom. The molecule has 0 aliphatic heterocycles. The average molecular weight is 343 g/mol. The van der Waals surface area contributed by atoms with Gasteiger partial charge in [0.2, 0.25) is 0 Å². The van der Waals surface area contributed by atoms with E-state index in [9.17, 15) is 9.18 Å². The summed E-state index contributed by atoms with van der Waals surface area (Å²) in [5, 5.41) is 0.0371. The van der Waals surface area contributed by atoms with Crippen LogP contribution in [0, 0.1) is 5.82 Å². The Labute approximate surface area is 143 Å². The summed E-state index contributed by atoms with van der Waals surface area (Å²) in [5.41, 5.74) is 1.27. The first-order valence-corrected chi connectivity index (χ1v) is 8.99. The number of fused-ring (bicyclic) bond motifs is 1. The lowest BCUT2D eigenvalue weighted by atomic mass is 10.0. The molecule has 3 rings (SSSR count). The Morgan fingerprint density at radius 2 is 1.92 bits per heavy atom. The van der Waals surface area contributed by atoms with Gasteiger partial charge in [0.25, 0.3) is 0 Å². The summed E-state index contributed by atoms with van der Waals surface area (Å²) in [6, 6.07) is 10.5. The second-order valence-corrected chi connectivity index (χ2v) is 6.28. The minimum absolute atomic E-state index is 0.0371. The van der Waals surface area contributed by atoms with E-state index in [1.54, 1.807) is 24.0 Å². The molecular weight excluding hydrogens is 325 g/mol. The highest BCUT2D eigenvalue weighted by atomic mass is 32.2. The third kappa shape index (κ3) is 3.04. The van der Waals surface area contributed by atoms with E-state index in [0.717, 1.165) is 16.9 Å². The third-order valence-electron chi connectivity index (χ3n) is 3.81. The summed E-state index contributed by atoms with van der Waals surface area (Å²) in [6.07, 6.45) is 4.45. The normalized spacial score (nSPS) is 11.0.